The number of nitrogens with zero attached hydrogens (tertiary/aromatic N) is 3. The summed E-state index contributed by atoms with van der Waals surface area (Å²) in [6.07, 6.45) is -2.24. The van der Waals surface area contributed by atoms with E-state index >= 15 is 0 Å². The summed E-state index contributed by atoms with van der Waals surface area (Å²) in [6.45, 7) is 0.832. The SMILES string of the molecule is O=C(NCC1Cc2ccccc2CN1C(=O)C1CC1)c1ccc(-c2noc(C(F)(F)F)n2)cc1. The number of carbonyl (C=O) groups is 2. The van der Waals surface area contributed by atoms with E-state index in [2.05, 4.69) is 20.0 Å². The molecule has 0 bridgehead atoms. The van der Waals surface area contributed by atoms with Crippen molar-refractivity contribution in [1.82, 2.24) is 20.4 Å². The van der Waals surface area contributed by atoms with Crippen molar-refractivity contribution in [2.24, 2.45) is 5.92 Å². The van der Waals surface area contributed by atoms with Crippen molar-refractivity contribution in [3.8, 4) is 11.4 Å². The first-order valence-corrected chi connectivity index (χ1v) is 11.0. The summed E-state index contributed by atoms with van der Waals surface area (Å²) in [4.78, 5) is 30.8. The van der Waals surface area contributed by atoms with Gasteiger partial charge in [0.25, 0.3) is 5.91 Å². The lowest BCUT2D eigenvalue weighted by atomic mass is 9.93. The molecule has 2 aliphatic rings. The number of nitrogens with one attached hydrogen (secondary N) is 1. The van der Waals surface area contributed by atoms with E-state index in [0.29, 0.717) is 30.6 Å². The Bertz CT molecular complexity index is 1220. The number of rotatable bonds is 5. The minimum absolute atomic E-state index is 0.0824. The first-order valence-electron chi connectivity index (χ1n) is 11.0. The molecule has 0 saturated heterocycles. The number of hydrogen-bond donors (Lipinski definition) is 1. The molecule has 2 amide bonds. The van der Waals surface area contributed by atoms with Crippen LogP contribution in [0.3, 0.4) is 0 Å². The maximum atomic E-state index is 12.9. The number of aromatic nitrogens is 2. The molecule has 0 radical (unpaired) electrons. The molecule has 1 saturated carbocycles. The third kappa shape index (κ3) is 4.52. The topological polar surface area (TPSA) is 88.3 Å². The molecule has 0 spiro atoms. The lowest BCUT2D eigenvalue weighted by molar-refractivity contribution is -0.159. The molecule has 3 aromatic rings. The lowest BCUT2D eigenvalue weighted by Gasteiger charge is -2.37. The van der Waals surface area contributed by atoms with Crippen molar-refractivity contribution in [2.45, 2.75) is 38.0 Å². The number of halogens is 3. The van der Waals surface area contributed by atoms with Crippen LogP contribution in [-0.2, 0) is 23.9 Å². The van der Waals surface area contributed by atoms with Crippen LogP contribution in [0.1, 0.15) is 40.2 Å². The Morgan fingerprint density at radius 1 is 1.06 bits per heavy atom. The quantitative estimate of drug-likeness (QED) is 0.612. The Morgan fingerprint density at radius 2 is 1.76 bits per heavy atom. The Morgan fingerprint density at radius 3 is 2.41 bits per heavy atom. The molecular weight excluding hydrogens is 449 g/mol. The Hall–Kier alpha value is -3.69. The molecule has 1 fully saturated rings. The van der Waals surface area contributed by atoms with E-state index in [9.17, 15) is 22.8 Å². The van der Waals surface area contributed by atoms with Gasteiger partial charge in [0.15, 0.2) is 0 Å². The molecule has 1 atom stereocenters. The molecule has 1 aromatic heterocycles. The van der Waals surface area contributed by atoms with Crippen molar-refractivity contribution >= 4 is 11.8 Å². The van der Waals surface area contributed by atoms with Crippen LogP contribution in [0, 0.1) is 5.92 Å². The van der Waals surface area contributed by atoms with Gasteiger partial charge in [-0.1, -0.05) is 41.6 Å². The number of amides is 2. The largest absolute Gasteiger partial charge is 0.471 e. The van der Waals surface area contributed by atoms with Crippen LogP contribution < -0.4 is 5.32 Å². The Kier molecular flexibility index (Phi) is 5.59. The second-order valence-electron chi connectivity index (χ2n) is 8.58. The van der Waals surface area contributed by atoms with E-state index in [1.54, 1.807) is 0 Å². The van der Waals surface area contributed by atoms with E-state index in [4.69, 9.17) is 0 Å². The maximum absolute atomic E-state index is 12.9. The number of hydrogen-bond acceptors (Lipinski definition) is 5. The normalized spacial score (nSPS) is 17.9. The standard InChI is InChI=1S/C24H21F3N4O3/c25-24(26,27)23-29-20(30-34-23)14-5-7-15(8-6-14)21(32)28-12-19-11-17-3-1-2-4-18(17)13-31(19)22(33)16-9-10-16/h1-8,16,19H,9-13H2,(H,28,32). The zero-order chi connectivity index (χ0) is 23.9. The summed E-state index contributed by atoms with van der Waals surface area (Å²) in [5.74, 6) is -1.76. The van der Waals surface area contributed by atoms with Crippen LogP contribution in [0.15, 0.2) is 53.1 Å². The summed E-state index contributed by atoms with van der Waals surface area (Å²) < 4.78 is 42.2. The number of benzene rings is 2. The van der Waals surface area contributed by atoms with Gasteiger partial charge in [-0.25, -0.2) is 0 Å². The van der Waals surface area contributed by atoms with Gasteiger partial charge >= 0.3 is 12.1 Å². The summed E-state index contributed by atoms with van der Waals surface area (Å²) in [5.41, 5.74) is 2.93. The lowest BCUT2D eigenvalue weighted by Crippen LogP contribution is -2.50. The first-order chi connectivity index (χ1) is 16.3. The summed E-state index contributed by atoms with van der Waals surface area (Å²) in [6, 6.07) is 13.7. The molecule has 5 rings (SSSR count). The number of carbonyl (C=O) groups excluding carboxylic acids is 2. The van der Waals surface area contributed by atoms with Crippen LogP contribution in [0.4, 0.5) is 13.2 Å². The molecule has 34 heavy (non-hydrogen) atoms. The molecular formula is C24H21F3N4O3. The van der Waals surface area contributed by atoms with Crippen molar-refractivity contribution < 1.29 is 27.3 Å². The highest BCUT2D eigenvalue weighted by atomic mass is 19.4. The van der Waals surface area contributed by atoms with Crippen molar-refractivity contribution in [1.29, 1.82) is 0 Å². The van der Waals surface area contributed by atoms with Gasteiger partial charge in [0.1, 0.15) is 0 Å². The molecule has 10 heteroatoms. The minimum atomic E-state index is -4.72. The van der Waals surface area contributed by atoms with Gasteiger partial charge in [0, 0.05) is 30.1 Å². The molecule has 1 N–H and O–H groups in total. The highest BCUT2D eigenvalue weighted by Crippen LogP contribution is 2.34. The zero-order valence-electron chi connectivity index (χ0n) is 18.0. The molecule has 2 aromatic carbocycles. The highest BCUT2D eigenvalue weighted by molar-refractivity contribution is 5.94. The van der Waals surface area contributed by atoms with Gasteiger partial charge in [0.05, 0.1) is 6.04 Å². The van der Waals surface area contributed by atoms with E-state index in [1.165, 1.54) is 29.8 Å². The third-order valence-electron chi connectivity index (χ3n) is 6.14. The fourth-order valence-electron chi connectivity index (χ4n) is 4.13. The average Bonchev–Trinajstić information content (AvgIpc) is 3.56. The molecule has 2 heterocycles. The predicted octanol–water partition coefficient (Wildman–Crippen LogP) is 3.85. The van der Waals surface area contributed by atoms with Crippen LogP contribution >= 0.6 is 0 Å². The molecule has 1 unspecified atom stereocenters. The van der Waals surface area contributed by atoms with Crippen LogP contribution in [0.5, 0.6) is 0 Å². The van der Waals surface area contributed by atoms with E-state index in [-0.39, 0.29) is 29.6 Å². The minimum Gasteiger partial charge on any atom is -0.350 e. The maximum Gasteiger partial charge on any atom is 0.471 e. The van der Waals surface area contributed by atoms with E-state index in [1.807, 2.05) is 29.2 Å². The monoisotopic (exact) mass is 470 g/mol. The van der Waals surface area contributed by atoms with Crippen LogP contribution in [0.25, 0.3) is 11.4 Å². The molecule has 1 aliphatic heterocycles. The number of fused-ring (bicyclic) bond motifs is 1. The van der Waals surface area contributed by atoms with Crippen molar-refractivity contribution in [2.75, 3.05) is 6.54 Å². The molecule has 1 aliphatic carbocycles. The average molecular weight is 470 g/mol. The van der Waals surface area contributed by atoms with Gasteiger partial charge < -0.3 is 14.7 Å². The summed E-state index contributed by atoms with van der Waals surface area (Å²) in [7, 11) is 0. The Balaban J connectivity index is 1.26. The van der Waals surface area contributed by atoms with Crippen molar-refractivity contribution in [3.05, 3.63) is 71.1 Å². The summed E-state index contributed by atoms with van der Waals surface area (Å²) in [5, 5.41) is 6.24. The van der Waals surface area contributed by atoms with Gasteiger partial charge in [0.2, 0.25) is 11.7 Å². The first kappa shape index (κ1) is 22.1. The van der Waals surface area contributed by atoms with Crippen LogP contribution in [-0.4, -0.2) is 39.4 Å². The van der Waals surface area contributed by atoms with Gasteiger partial charge in [-0.3, -0.25) is 9.59 Å². The highest BCUT2D eigenvalue weighted by Gasteiger charge is 2.39. The van der Waals surface area contributed by atoms with Gasteiger partial charge in [-0.2, -0.15) is 18.2 Å². The fourth-order valence-corrected chi connectivity index (χ4v) is 4.13. The van der Waals surface area contributed by atoms with E-state index in [0.717, 1.165) is 18.4 Å². The smallest absolute Gasteiger partial charge is 0.350 e. The van der Waals surface area contributed by atoms with Gasteiger partial charge in [-0.05, 0) is 42.5 Å². The van der Waals surface area contributed by atoms with Crippen LogP contribution in [0.2, 0.25) is 0 Å². The van der Waals surface area contributed by atoms with Gasteiger partial charge in [-0.15, -0.1) is 0 Å². The van der Waals surface area contributed by atoms with Crippen molar-refractivity contribution in [3.63, 3.8) is 0 Å². The number of alkyl halides is 3. The third-order valence-corrected chi connectivity index (χ3v) is 6.14. The Labute approximate surface area is 192 Å². The second-order valence-corrected chi connectivity index (χ2v) is 8.58. The molecule has 176 valence electrons. The zero-order valence-corrected chi connectivity index (χ0v) is 18.0. The second kappa shape index (κ2) is 8.58. The fraction of sp³-hybridized carbons (Fsp3) is 0.333. The predicted molar refractivity (Wildman–Crippen MR) is 114 cm³/mol. The molecule has 7 nitrogen and oxygen atoms in total. The van der Waals surface area contributed by atoms with E-state index < -0.39 is 12.1 Å². The summed E-state index contributed by atoms with van der Waals surface area (Å²) >= 11 is 0.